The van der Waals surface area contributed by atoms with E-state index in [1.54, 1.807) is 18.2 Å². The van der Waals surface area contributed by atoms with Crippen LogP contribution in [0.2, 0.25) is 0 Å². The van der Waals surface area contributed by atoms with Gasteiger partial charge in [0.25, 0.3) is 5.91 Å². The molecule has 0 spiro atoms. The van der Waals surface area contributed by atoms with Gasteiger partial charge in [0.1, 0.15) is 6.04 Å². The number of amides is 1. The van der Waals surface area contributed by atoms with Gasteiger partial charge >= 0.3 is 5.97 Å². The lowest BCUT2D eigenvalue weighted by atomic mass is 10.1. The van der Waals surface area contributed by atoms with Crippen molar-refractivity contribution in [1.29, 1.82) is 0 Å². The Bertz CT molecular complexity index is 494. The van der Waals surface area contributed by atoms with Crippen molar-refractivity contribution in [3.05, 3.63) is 33.4 Å². The molecule has 0 saturated carbocycles. The smallest absolute Gasteiger partial charge is 0.327 e. The van der Waals surface area contributed by atoms with Crippen LogP contribution in [0.25, 0.3) is 0 Å². The number of hydrogen-bond acceptors (Lipinski definition) is 3. The summed E-state index contributed by atoms with van der Waals surface area (Å²) >= 11 is 3.62. The minimum atomic E-state index is -0.939. The van der Waals surface area contributed by atoms with Crippen molar-refractivity contribution >= 4 is 46.2 Å². The molecule has 0 radical (unpaired) electrons. The molecule has 2 unspecified atom stereocenters. The van der Waals surface area contributed by atoms with Gasteiger partial charge < -0.3 is 10.0 Å². The van der Waals surface area contributed by atoms with Gasteiger partial charge in [0, 0.05) is 14.9 Å². The molecule has 0 aliphatic carbocycles. The number of carbonyl (C=O) groups excluding carboxylic acids is 1. The molecule has 1 aliphatic heterocycles. The van der Waals surface area contributed by atoms with Gasteiger partial charge in [0.05, 0.1) is 5.37 Å². The van der Waals surface area contributed by atoms with Crippen LogP contribution in [0.5, 0.6) is 0 Å². The van der Waals surface area contributed by atoms with E-state index in [2.05, 4.69) is 22.6 Å². The number of carbonyl (C=O) groups is 2. The van der Waals surface area contributed by atoms with Gasteiger partial charge in [-0.2, -0.15) is 0 Å². The molecule has 1 fully saturated rings. The van der Waals surface area contributed by atoms with Crippen LogP contribution in [0.3, 0.4) is 0 Å². The maximum Gasteiger partial charge on any atom is 0.327 e. The zero-order valence-corrected chi connectivity index (χ0v) is 12.6. The zero-order chi connectivity index (χ0) is 13.3. The van der Waals surface area contributed by atoms with E-state index in [4.69, 9.17) is 5.11 Å². The molecular weight excluding hydrogens is 365 g/mol. The lowest BCUT2D eigenvalue weighted by Crippen LogP contribution is -2.44. The first-order valence-corrected chi connectivity index (χ1v) is 7.56. The van der Waals surface area contributed by atoms with Crippen LogP contribution in [0.15, 0.2) is 24.3 Å². The van der Waals surface area contributed by atoms with Gasteiger partial charge in [-0.15, -0.1) is 11.8 Å². The standard InChI is InChI=1S/C12H12INO3S/c1-7-14(10(6-18-7)12(16)17)11(15)8-3-2-4-9(13)5-8/h2-5,7,10H,6H2,1H3,(H,16,17). The van der Waals surface area contributed by atoms with Crippen LogP contribution in [0.1, 0.15) is 17.3 Å². The fraction of sp³-hybridized carbons (Fsp3) is 0.333. The minimum absolute atomic E-state index is 0.100. The first-order valence-electron chi connectivity index (χ1n) is 5.43. The van der Waals surface area contributed by atoms with Crippen LogP contribution >= 0.6 is 34.4 Å². The van der Waals surface area contributed by atoms with Gasteiger partial charge in [-0.1, -0.05) is 6.07 Å². The molecule has 1 aromatic rings. The molecule has 18 heavy (non-hydrogen) atoms. The molecule has 1 heterocycles. The molecule has 2 atom stereocenters. The zero-order valence-electron chi connectivity index (χ0n) is 9.67. The van der Waals surface area contributed by atoms with Crippen molar-refractivity contribution in [3.8, 4) is 0 Å². The molecule has 0 aromatic heterocycles. The number of carboxylic acid groups (broad SMARTS) is 1. The van der Waals surface area contributed by atoms with Gasteiger partial charge in [-0.25, -0.2) is 4.79 Å². The average molecular weight is 377 g/mol. The summed E-state index contributed by atoms with van der Waals surface area (Å²) in [7, 11) is 0. The first kappa shape index (κ1) is 13.7. The highest BCUT2D eigenvalue weighted by atomic mass is 127. The maximum atomic E-state index is 12.4. The van der Waals surface area contributed by atoms with Crippen molar-refractivity contribution in [2.45, 2.75) is 18.3 Å². The Kier molecular flexibility index (Phi) is 4.16. The average Bonchev–Trinajstić information content (AvgIpc) is 2.70. The maximum absolute atomic E-state index is 12.4. The number of nitrogens with zero attached hydrogens (tertiary/aromatic N) is 1. The normalized spacial score (nSPS) is 23.1. The number of hydrogen-bond donors (Lipinski definition) is 1. The van der Waals surface area contributed by atoms with E-state index >= 15 is 0 Å². The Balaban J connectivity index is 2.29. The second-order valence-corrected chi connectivity index (χ2v) is 6.60. The van der Waals surface area contributed by atoms with Crippen LogP contribution in [-0.4, -0.2) is 39.1 Å². The highest BCUT2D eigenvalue weighted by Gasteiger charge is 2.39. The van der Waals surface area contributed by atoms with E-state index in [1.165, 1.54) is 16.7 Å². The van der Waals surface area contributed by atoms with E-state index in [0.717, 1.165) is 3.57 Å². The molecule has 0 bridgehead atoms. The lowest BCUT2D eigenvalue weighted by Gasteiger charge is -2.25. The van der Waals surface area contributed by atoms with E-state index in [9.17, 15) is 9.59 Å². The highest BCUT2D eigenvalue weighted by molar-refractivity contribution is 14.1. The number of rotatable bonds is 2. The summed E-state index contributed by atoms with van der Waals surface area (Å²) in [5, 5.41) is 9.04. The Morgan fingerprint density at radius 3 is 2.83 bits per heavy atom. The van der Waals surface area contributed by atoms with Gasteiger partial charge in [-0.05, 0) is 47.7 Å². The summed E-state index contributed by atoms with van der Waals surface area (Å²) in [5.41, 5.74) is 0.544. The van der Waals surface area contributed by atoms with Crippen molar-refractivity contribution in [1.82, 2.24) is 4.90 Å². The van der Waals surface area contributed by atoms with E-state index < -0.39 is 12.0 Å². The summed E-state index contributed by atoms with van der Waals surface area (Å²) < 4.78 is 0.963. The third-order valence-electron chi connectivity index (χ3n) is 2.81. The molecule has 1 aromatic carbocycles. The third kappa shape index (κ3) is 2.64. The third-order valence-corrected chi connectivity index (χ3v) is 4.70. The predicted molar refractivity (Wildman–Crippen MR) is 78.7 cm³/mol. The Hall–Kier alpha value is -0.760. The number of halogens is 1. The predicted octanol–water partition coefficient (Wildman–Crippen LogP) is 2.28. The molecule has 2 rings (SSSR count). The summed E-state index contributed by atoms with van der Waals surface area (Å²) in [5.74, 6) is -0.698. The van der Waals surface area contributed by atoms with Gasteiger partial charge in [0.2, 0.25) is 0 Å². The fourth-order valence-corrected chi connectivity index (χ4v) is 3.62. The van der Waals surface area contributed by atoms with Crippen molar-refractivity contribution < 1.29 is 14.7 Å². The molecule has 1 amide bonds. The van der Waals surface area contributed by atoms with Crippen molar-refractivity contribution in [2.24, 2.45) is 0 Å². The Morgan fingerprint density at radius 1 is 1.50 bits per heavy atom. The highest BCUT2D eigenvalue weighted by Crippen LogP contribution is 2.30. The monoisotopic (exact) mass is 377 g/mol. The van der Waals surface area contributed by atoms with E-state index in [1.807, 2.05) is 13.0 Å². The van der Waals surface area contributed by atoms with Crippen LogP contribution in [0.4, 0.5) is 0 Å². The van der Waals surface area contributed by atoms with Gasteiger partial charge in [0.15, 0.2) is 0 Å². The second-order valence-electron chi connectivity index (χ2n) is 4.01. The van der Waals surface area contributed by atoms with Crippen LogP contribution in [0, 0.1) is 3.57 Å². The number of benzene rings is 1. The Morgan fingerprint density at radius 2 is 2.22 bits per heavy atom. The molecule has 96 valence electrons. The first-order chi connectivity index (χ1) is 8.50. The van der Waals surface area contributed by atoms with Crippen molar-refractivity contribution in [2.75, 3.05) is 5.75 Å². The molecular formula is C12H12INO3S. The van der Waals surface area contributed by atoms with E-state index in [-0.39, 0.29) is 11.3 Å². The number of carboxylic acids is 1. The molecule has 1 aliphatic rings. The molecule has 4 nitrogen and oxygen atoms in total. The topological polar surface area (TPSA) is 57.6 Å². The second kappa shape index (κ2) is 5.48. The summed E-state index contributed by atoms with van der Waals surface area (Å²) in [6.07, 6.45) is 0. The molecule has 1 N–H and O–H groups in total. The van der Waals surface area contributed by atoms with Crippen LogP contribution < -0.4 is 0 Å². The number of aliphatic carboxylic acids is 1. The fourth-order valence-electron chi connectivity index (χ4n) is 1.91. The van der Waals surface area contributed by atoms with Crippen molar-refractivity contribution in [3.63, 3.8) is 0 Å². The number of thioether (sulfide) groups is 1. The summed E-state index contributed by atoms with van der Waals surface area (Å²) in [4.78, 5) is 25.0. The van der Waals surface area contributed by atoms with E-state index in [0.29, 0.717) is 11.3 Å². The van der Waals surface area contributed by atoms with Crippen LogP contribution in [-0.2, 0) is 4.79 Å². The minimum Gasteiger partial charge on any atom is -0.480 e. The molecule has 6 heteroatoms. The Labute approximate surface area is 123 Å². The molecule has 1 saturated heterocycles. The van der Waals surface area contributed by atoms with Gasteiger partial charge in [-0.3, -0.25) is 4.79 Å². The lowest BCUT2D eigenvalue weighted by molar-refractivity contribution is -0.141. The largest absolute Gasteiger partial charge is 0.480 e. The SMILES string of the molecule is CC1SCC(C(=O)O)N1C(=O)c1cccc(I)c1. The summed E-state index contributed by atoms with van der Waals surface area (Å²) in [6.45, 7) is 1.86. The summed E-state index contributed by atoms with van der Waals surface area (Å²) in [6, 6.07) is 6.47. The quantitative estimate of drug-likeness (QED) is 0.804.